The van der Waals surface area contributed by atoms with Crippen LogP contribution in [0, 0.1) is 10.1 Å². The fraction of sp³-hybridized carbons (Fsp3) is 0.400. The molecule has 0 fully saturated rings. The van der Waals surface area contributed by atoms with Crippen LogP contribution in [-0.2, 0) is 6.42 Å². The van der Waals surface area contributed by atoms with E-state index >= 15 is 0 Å². The van der Waals surface area contributed by atoms with E-state index in [9.17, 15) is 15.2 Å². The average molecular weight is 211 g/mol. The maximum Gasteiger partial charge on any atom is 0.310 e. The highest BCUT2D eigenvalue weighted by atomic mass is 16.6. The maximum atomic E-state index is 10.5. The molecule has 15 heavy (non-hydrogen) atoms. The number of benzene rings is 1. The van der Waals surface area contributed by atoms with Crippen molar-refractivity contribution < 1.29 is 15.1 Å². The number of phenolic OH excluding ortho intramolecular Hbond substituents is 1. The average Bonchev–Trinajstić information content (AvgIpc) is 2.16. The van der Waals surface area contributed by atoms with Crippen molar-refractivity contribution in [3.8, 4) is 5.75 Å². The van der Waals surface area contributed by atoms with E-state index in [1.807, 2.05) is 0 Å². The molecule has 82 valence electrons. The SMILES string of the molecule is C[C@@H](O)CCc1ccc(O)c([N+](=O)[O-])c1. The van der Waals surface area contributed by atoms with Gasteiger partial charge in [0.05, 0.1) is 11.0 Å². The largest absolute Gasteiger partial charge is 0.502 e. The van der Waals surface area contributed by atoms with E-state index < -0.39 is 11.0 Å². The molecule has 0 saturated carbocycles. The first-order chi connectivity index (χ1) is 7.00. The minimum absolute atomic E-state index is 0.293. The van der Waals surface area contributed by atoms with Crippen LogP contribution in [0.5, 0.6) is 5.75 Å². The maximum absolute atomic E-state index is 10.5. The molecule has 1 aromatic rings. The van der Waals surface area contributed by atoms with Crippen molar-refractivity contribution in [1.82, 2.24) is 0 Å². The lowest BCUT2D eigenvalue weighted by Crippen LogP contribution is -2.01. The third-order valence-electron chi connectivity index (χ3n) is 2.09. The first kappa shape index (κ1) is 11.5. The van der Waals surface area contributed by atoms with Crippen molar-refractivity contribution in [2.24, 2.45) is 0 Å². The molecule has 0 spiro atoms. The van der Waals surface area contributed by atoms with E-state index in [1.165, 1.54) is 12.1 Å². The molecule has 0 aromatic heterocycles. The Hall–Kier alpha value is -1.62. The van der Waals surface area contributed by atoms with Crippen molar-refractivity contribution in [3.63, 3.8) is 0 Å². The zero-order chi connectivity index (χ0) is 11.4. The molecule has 0 unspecified atom stereocenters. The van der Waals surface area contributed by atoms with E-state index in [1.54, 1.807) is 13.0 Å². The number of aryl methyl sites for hydroxylation is 1. The minimum atomic E-state index is -0.624. The summed E-state index contributed by atoms with van der Waals surface area (Å²) in [6.45, 7) is 1.66. The summed E-state index contributed by atoms with van der Waals surface area (Å²) in [5.41, 5.74) is 0.443. The fourth-order valence-electron chi connectivity index (χ4n) is 1.25. The van der Waals surface area contributed by atoms with Crippen LogP contribution < -0.4 is 0 Å². The van der Waals surface area contributed by atoms with Crippen molar-refractivity contribution in [1.29, 1.82) is 0 Å². The quantitative estimate of drug-likeness (QED) is 0.585. The highest BCUT2D eigenvalue weighted by Crippen LogP contribution is 2.26. The third kappa shape index (κ3) is 3.21. The van der Waals surface area contributed by atoms with Gasteiger partial charge in [0.15, 0.2) is 5.75 Å². The van der Waals surface area contributed by atoms with E-state index in [2.05, 4.69) is 0 Å². The molecular weight excluding hydrogens is 198 g/mol. The first-order valence-corrected chi connectivity index (χ1v) is 4.65. The van der Waals surface area contributed by atoms with Crippen LogP contribution in [-0.4, -0.2) is 21.2 Å². The van der Waals surface area contributed by atoms with Gasteiger partial charge in [-0.15, -0.1) is 0 Å². The minimum Gasteiger partial charge on any atom is -0.502 e. The number of hydrogen-bond donors (Lipinski definition) is 2. The van der Waals surface area contributed by atoms with Gasteiger partial charge in [-0.25, -0.2) is 0 Å². The Morgan fingerprint density at radius 2 is 2.20 bits per heavy atom. The zero-order valence-electron chi connectivity index (χ0n) is 8.38. The number of rotatable bonds is 4. The normalized spacial score (nSPS) is 12.4. The standard InChI is InChI=1S/C10H13NO4/c1-7(12)2-3-8-4-5-10(13)9(6-8)11(14)15/h4-7,12-13H,2-3H2,1H3/t7-/m1/s1. The van der Waals surface area contributed by atoms with Gasteiger partial charge in [-0.1, -0.05) is 6.07 Å². The molecule has 0 aliphatic carbocycles. The number of nitrogens with zero attached hydrogens (tertiary/aromatic N) is 1. The first-order valence-electron chi connectivity index (χ1n) is 4.65. The summed E-state index contributed by atoms with van der Waals surface area (Å²) in [6, 6.07) is 4.25. The molecule has 0 aliphatic rings. The monoisotopic (exact) mass is 211 g/mol. The van der Waals surface area contributed by atoms with E-state index in [0.717, 1.165) is 5.56 Å². The van der Waals surface area contributed by atoms with Crippen molar-refractivity contribution in [2.75, 3.05) is 0 Å². The number of aliphatic hydroxyl groups excluding tert-OH is 1. The van der Waals surface area contributed by atoms with Crippen LogP contribution in [0.4, 0.5) is 5.69 Å². The Morgan fingerprint density at radius 1 is 1.53 bits per heavy atom. The van der Waals surface area contributed by atoms with Crippen molar-refractivity contribution in [3.05, 3.63) is 33.9 Å². The predicted molar refractivity (Wildman–Crippen MR) is 54.8 cm³/mol. The number of aliphatic hydroxyl groups is 1. The highest BCUT2D eigenvalue weighted by Gasteiger charge is 2.13. The topological polar surface area (TPSA) is 83.6 Å². The van der Waals surface area contributed by atoms with Crippen LogP contribution in [0.1, 0.15) is 18.9 Å². The lowest BCUT2D eigenvalue weighted by Gasteiger charge is -2.04. The lowest BCUT2D eigenvalue weighted by atomic mass is 10.1. The molecule has 2 N–H and O–H groups in total. The predicted octanol–water partition coefficient (Wildman–Crippen LogP) is 1.61. The molecule has 5 heteroatoms. The van der Waals surface area contributed by atoms with Crippen LogP contribution >= 0.6 is 0 Å². The second-order valence-electron chi connectivity index (χ2n) is 3.47. The summed E-state index contributed by atoms with van der Waals surface area (Å²) in [6.07, 6.45) is 0.665. The van der Waals surface area contributed by atoms with Crippen LogP contribution in [0.25, 0.3) is 0 Å². The Labute approximate surface area is 87.1 Å². The third-order valence-corrected chi connectivity index (χ3v) is 2.09. The van der Waals surface area contributed by atoms with Gasteiger partial charge in [0.1, 0.15) is 0 Å². The number of aromatic hydroxyl groups is 1. The molecule has 0 radical (unpaired) electrons. The Bertz CT molecular complexity index is 362. The van der Waals surface area contributed by atoms with Gasteiger partial charge in [0.2, 0.25) is 0 Å². The second-order valence-corrected chi connectivity index (χ2v) is 3.47. The summed E-state index contributed by atoms with van der Waals surface area (Å²) in [5, 5.41) is 28.8. The smallest absolute Gasteiger partial charge is 0.310 e. The van der Waals surface area contributed by atoms with Gasteiger partial charge >= 0.3 is 5.69 Å². The lowest BCUT2D eigenvalue weighted by molar-refractivity contribution is -0.385. The summed E-state index contributed by atoms with van der Waals surface area (Å²) in [4.78, 5) is 9.88. The number of nitro groups is 1. The van der Waals surface area contributed by atoms with E-state index in [0.29, 0.717) is 12.8 Å². The molecule has 0 bridgehead atoms. The van der Waals surface area contributed by atoms with Crippen molar-refractivity contribution >= 4 is 5.69 Å². The van der Waals surface area contributed by atoms with Gasteiger partial charge < -0.3 is 10.2 Å². The molecule has 0 saturated heterocycles. The van der Waals surface area contributed by atoms with Gasteiger partial charge in [-0.2, -0.15) is 0 Å². The van der Waals surface area contributed by atoms with Crippen LogP contribution in [0.2, 0.25) is 0 Å². The molecule has 1 aromatic carbocycles. The highest BCUT2D eigenvalue weighted by molar-refractivity contribution is 5.47. The molecule has 0 heterocycles. The molecule has 1 atom stereocenters. The number of nitro benzene ring substituents is 1. The molecule has 1 rings (SSSR count). The second kappa shape index (κ2) is 4.75. The molecule has 5 nitrogen and oxygen atoms in total. The van der Waals surface area contributed by atoms with E-state index in [-0.39, 0.29) is 11.4 Å². The summed E-state index contributed by atoms with van der Waals surface area (Å²) in [7, 11) is 0. The van der Waals surface area contributed by atoms with E-state index in [4.69, 9.17) is 5.11 Å². The van der Waals surface area contributed by atoms with Gasteiger partial charge in [0, 0.05) is 6.07 Å². The molecule has 0 aliphatic heterocycles. The Kier molecular flexibility index (Phi) is 3.62. The van der Waals surface area contributed by atoms with Gasteiger partial charge in [-0.3, -0.25) is 10.1 Å². The Morgan fingerprint density at radius 3 is 2.73 bits per heavy atom. The summed E-state index contributed by atoms with van der Waals surface area (Å²) < 4.78 is 0. The van der Waals surface area contributed by atoms with Gasteiger partial charge in [-0.05, 0) is 31.4 Å². The summed E-state index contributed by atoms with van der Waals surface area (Å²) in [5.74, 6) is -0.333. The fourth-order valence-corrected chi connectivity index (χ4v) is 1.25. The van der Waals surface area contributed by atoms with Crippen LogP contribution in [0.15, 0.2) is 18.2 Å². The molecule has 0 amide bonds. The Balaban J connectivity index is 2.83. The number of hydrogen-bond acceptors (Lipinski definition) is 4. The van der Waals surface area contributed by atoms with Gasteiger partial charge in [0.25, 0.3) is 0 Å². The zero-order valence-corrected chi connectivity index (χ0v) is 8.38. The number of phenols is 1. The molecular formula is C10H13NO4. The summed E-state index contributed by atoms with van der Waals surface area (Å²) >= 11 is 0. The van der Waals surface area contributed by atoms with Crippen LogP contribution in [0.3, 0.4) is 0 Å². The van der Waals surface area contributed by atoms with Crippen molar-refractivity contribution in [2.45, 2.75) is 25.9 Å².